The van der Waals surface area contributed by atoms with Crippen molar-refractivity contribution in [2.45, 2.75) is 19.4 Å². The zero-order valence-corrected chi connectivity index (χ0v) is 17.3. The predicted molar refractivity (Wildman–Crippen MR) is 118 cm³/mol. The number of hydrogen-bond donors (Lipinski definition) is 2. The second-order valence-corrected chi connectivity index (χ2v) is 8.04. The molecule has 6 nitrogen and oxygen atoms in total. The maximum Gasteiger partial charge on any atom is 0.337 e. The summed E-state index contributed by atoms with van der Waals surface area (Å²) in [5, 5.41) is 20.0. The van der Waals surface area contributed by atoms with Crippen LogP contribution >= 0.6 is 11.8 Å². The molecule has 1 fully saturated rings. The first-order valence-electron chi connectivity index (χ1n) is 9.35. The number of thioether (sulfide) groups is 1. The number of aromatic carboxylic acids is 1. The van der Waals surface area contributed by atoms with Crippen molar-refractivity contribution >= 4 is 35.4 Å². The Morgan fingerprint density at radius 3 is 2.43 bits per heavy atom. The van der Waals surface area contributed by atoms with Crippen molar-refractivity contribution in [1.29, 1.82) is 0 Å². The van der Waals surface area contributed by atoms with E-state index in [1.165, 1.54) is 4.90 Å². The van der Waals surface area contributed by atoms with E-state index in [1.807, 2.05) is 42.7 Å². The van der Waals surface area contributed by atoms with Crippen LogP contribution in [0.5, 0.6) is 0 Å². The van der Waals surface area contributed by atoms with Gasteiger partial charge in [0.2, 0.25) is 0 Å². The summed E-state index contributed by atoms with van der Waals surface area (Å²) in [5.41, 5.74) is 2.87. The van der Waals surface area contributed by atoms with Gasteiger partial charge < -0.3 is 14.8 Å². The van der Waals surface area contributed by atoms with Crippen molar-refractivity contribution in [3.8, 4) is 5.69 Å². The Morgan fingerprint density at radius 2 is 1.73 bits per heavy atom. The number of aliphatic hydroxyl groups excluding tert-OH is 1. The summed E-state index contributed by atoms with van der Waals surface area (Å²) in [4.78, 5) is 26.4. The van der Waals surface area contributed by atoms with E-state index in [9.17, 15) is 19.8 Å². The van der Waals surface area contributed by atoms with E-state index in [0.717, 1.165) is 28.7 Å². The number of aromatic nitrogens is 1. The third-order valence-electron chi connectivity index (χ3n) is 5.05. The number of anilines is 1. The molecule has 1 aliphatic heterocycles. The number of aliphatic hydroxyl groups is 1. The van der Waals surface area contributed by atoms with Gasteiger partial charge in [-0.15, -0.1) is 0 Å². The van der Waals surface area contributed by atoms with Gasteiger partial charge in [-0.05, 0) is 55.8 Å². The molecule has 0 radical (unpaired) electrons. The Bertz CT molecular complexity index is 1170. The first-order valence-corrected chi connectivity index (χ1v) is 10.2. The molecular weight excluding hydrogens is 400 g/mol. The van der Waals surface area contributed by atoms with E-state index in [0.29, 0.717) is 16.3 Å². The van der Waals surface area contributed by atoms with E-state index in [-0.39, 0.29) is 11.5 Å². The fourth-order valence-corrected chi connectivity index (χ4v) is 4.60. The highest BCUT2D eigenvalue weighted by atomic mass is 32.2. The van der Waals surface area contributed by atoms with Gasteiger partial charge in [0.05, 0.1) is 16.2 Å². The molecule has 1 unspecified atom stereocenters. The minimum atomic E-state index is -0.999. The Kier molecular flexibility index (Phi) is 5.24. The Morgan fingerprint density at radius 1 is 1.07 bits per heavy atom. The minimum absolute atomic E-state index is 0.204. The third-order valence-corrected chi connectivity index (χ3v) is 6.02. The van der Waals surface area contributed by atoms with Crippen molar-refractivity contribution in [3.05, 3.63) is 88.1 Å². The van der Waals surface area contributed by atoms with Crippen molar-refractivity contribution in [1.82, 2.24) is 4.57 Å². The van der Waals surface area contributed by atoms with Crippen molar-refractivity contribution in [2.75, 3.05) is 4.90 Å². The van der Waals surface area contributed by atoms with E-state index in [4.69, 9.17) is 0 Å². The lowest BCUT2D eigenvalue weighted by Crippen LogP contribution is -2.31. The molecule has 152 valence electrons. The van der Waals surface area contributed by atoms with Gasteiger partial charge in [-0.3, -0.25) is 9.69 Å². The maximum atomic E-state index is 12.9. The van der Waals surface area contributed by atoms with Gasteiger partial charge in [0.1, 0.15) is 0 Å². The van der Waals surface area contributed by atoms with Gasteiger partial charge in [-0.1, -0.05) is 42.1 Å². The molecule has 0 bridgehead atoms. The Labute approximate surface area is 178 Å². The van der Waals surface area contributed by atoms with Gasteiger partial charge in [0.25, 0.3) is 5.91 Å². The second-order valence-electron chi connectivity index (χ2n) is 6.95. The molecule has 1 aromatic heterocycles. The van der Waals surface area contributed by atoms with Crippen LogP contribution in [0.25, 0.3) is 11.8 Å². The molecule has 1 saturated heterocycles. The summed E-state index contributed by atoms with van der Waals surface area (Å²) in [5.74, 6) is -1.27. The summed E-state index contributed by atoms with van der Waals surface area (Å²) in [7, 11) is 0. The number of amides is 1. The molecular formula is C23H20N2O4S. The van der Waals surface area contributed by atoms with Gasteiger partial charge in [0, 0.05) is 17.1 Å². The normalized spacial score (nSPS) is 17.7. The molecule has 1 atom stereocenters. The van der Waals surface area contributed by atoms with Crippen LogP contribution in [0.15, 0.2) is 65.6 Å². The Balaban J connectivity index is 1.74. The number of hydrogen-bond acceptors (Lipinski definition) is 4. The monoisotopic (exact) mass is 420 g/mol. The number of rotatable bonds is 4. The van der Waals surface area contributed by atoms with Crippen molar-refractivity contribution in [3.63, 3.8) is 0 Å². The van der Waals surface area contributed by atoms with Gasteiger partial charge in [-0.2, -0.15) is 0 Å². The topological polar surface area (TPSA) is 82.8 Å². The first kappa shape index (κ1) is 20.0. The highest BCUT2D eigenvalue weighted by Crippen LogP contribution is 2.38. The largest absolute Gasteiger partial charge is 0.478 e. The first-order chi connectivity index (χ1) is 14.4. The maximum absolute atomic E-state index is 12.9. The van der Waals surface area contributed by atoms with Crippen LogP contribution in [0.1, 0.15) is 27.3 Å². The quantitative estimate of drug-likeness (QED) is 0.619. The number of para-hydroxylation sites is 2. The average Bonchev–Trinajstić information content (AvgIpc) is 3.17. The van der Waals surface area contributed by atoms with Crippen LogP contribution in [-0.2, 0) is 4.79 Å². The molecule has 0 saturated carbocycles. The molecule has 0 aliphatic carbocycles. The number of aryl methyl sites for hydroxylation is 1. The van der Waals surface area contributed by atoms with Gasteiger partial charge in [0.15, 0.2) is 5.56 Å². The molecule has 7 heteroatoms. The standard InChI is InChI=1S/C23H20N2O4S/c1-14-12-16(15(2)24(14)19-11-7-6-10-18(19)22(27)28)13-20-21(26)25(23(29)30-20)17-8-4-3-5-9-17/h3-13,23,29H,1-2H3,(H,27,28)/b20-13+. The number of benzene rings is 2. The second kappa shape index (κ2) is 7.85. The molecule has 1 amide bonds. The summed E-state index contributed by atoms with van der Waals surface area (Å²) >= 11 is 1.09. The van der Waals surface area contributed by atoms with Crippen LogP contribution in [0, 0.1) is 13.8 Å². The van der Waals surface area contributed by atoms with Crippen molar-refractivity contribution < 1.29 is 19.8 Å². The van der Waals surface area contributed by atoms with Crippen LogP contribution in [0.3, 0.4) is 0 Å². The summed E-state index contributed by atoms with van der Waals surface area (Å²) in [6, 6.07) is 17.8. The number of nitrogens with zero attached hydrogens (tertiary/aromatic N) is 2. The SMILES string of the molecule is Cc1cc(/C=C2/SC(O)N(c3ccccc3)C2=O)c(C)n1-c1ccccc1C(=O)O. The third kappa shape index (κ3) is 3.42. The summed E-state index contributed by atoms with van der Waals surface area (Å²) < 4.78 is 1.87. The highest BCUT2D eigenvalue weighted by molar-refractivity contribution is 8.05. The molecule has 30 heavy (non-hydrogen) atoms. The zero-order chi connectivity index (χ0) is 21.4. The average molecular weight is 420 g/mol. The smallest absolute Gasteiger partial charge is 0.337 e. The fraction of sp³-hybridized carbons (Fsp3) is 0.130. The van der Waals surface area contributed by atoms with Crippen LogP contribution in [-0.4, -0.2) is 32.2 Å². The summed E-state index contributed by atoms with van der Waals surface area (Å²) in [6.45, 7) is 3.77. The Hall–Kier alpha value is -3.29. The molecule has 2 N–H and O–H groups in total. The van der Waals surface area contributed by atoms with Crippen LogP contribution in [0.4, 0.5) is 5.69 Å². The van der Waals surface area contributed by atoms with E-state index in [2.05, 4.69) is 0 Å². The molecule has 4 rings (SSSR count). The minimum Gasteiger partial charge on any atom is -0.478 e. The molecule has 0 spiro atoms. The number of carboxylic acid groups (broad SMARTS) is 1. The highest BCUT2D eigenvalue weighted by Gasteiger charge is 2.36. The molecule has 3 aromatic rings. The van der Waals surface area contributed by atoms with Crippen LogP contribution < -0.4 is 4.90 Å². The lowest BCUT2D eigenvalue weighted by molar-refractivity contribution is -0.114. The molecule has 2 heterocycles. The zero-order valence-electron chi connectivity index (χ0n) is 16.4. The number of carboxylic acids is 1. The van der Waals surface area contributed by atoms with E-state index in [1.54, 1.807) is 42.5 Å². The fourth-order valence-electron chi connectivity index (χ4n) is 3.66. The predicted octanol–water partition coefficient (Wildman–Crippen LogP) is 4.19. The van der Waals surface area contributed by atoms with E-state index >= 15 is 0 Å². The number of carbonyl (C=O) groups is 2. The summed E-state index contributed by atoms with van der Waals surface area (Å²) in [6.07, 6.45) is 1.75. The molecule has 2 aromatic carbocycles. The van der Waals surface area contributed by atoms with Crippen molar-refractivity contribution in [2.24, 2.45) is 0 Å². The molecule has 1 aliphatic rings. The lowest BCUT2D eigenvalue weighted by Gasteiger charge is -2.18. The van der Waals surface area contributed by atoms with Gasteiger partial charge in [-0.25, -0.2) is 4.79 Å². The van der Waals surface area contributed by atoms with Crippen LogP contribution in [0.2, 0.25) is 0 Å². The lowest BCUT2D eigenvalue weighted by atomic mass is 10.1. The van der Waals surface area contributed by atoms with Gasteiger partial charge >= 0.3 is 5.97 Å². The number of carbonyl (C=O) groups excluding carboxylic acids is 1. The van der Waals surface area contributed by atoms with E-state index < -0.39 is 11.5 Å².